The third kappa shape index (κ3) is 5.58. The molecule has 2 N–H and O–H groups in total. The van der Waals surface area contributed by atoms with Crippen LogP contribution < -0.4 is 15.5 Å². The summed E-state index contributed by atoms with van der Waals surface area (Å²) in [6.45, 7) is 9.99. The standard InChI is InChI=1S/C22H29N3O2/c1-5-17-8-10-18(11-9-17)16(4)23-21(26)22(27)24-19-12-14-20(15-13-19)25(6-2)7-3/h8-16H,5-7H2,1-4H3,(H,23,26)(H,24,27). The Kier molecular flexibility index (Phi) is 7.41. The minimum Gasteiger partial charge on any atom is -0.372 e. The average Bonchev–Trinajstić information content (AvgIpc) is 2.70. The van der Waals surface area contributed by atoms with Crippen LogP contribution in [0.15, 0.2) is 48.5 Å². The van der Waals surface area contributed by atoms with Crippen LogP contribution in [0.2, 0.25) is 0 Å². The average molecular weight is 367 g/mol. The molecule has 1 atom stereocenters. The predicted octanol–water partition coefficient (Wildman–Crippen LogP) is 3.91. The van der Waals surface area contributed by atoms with E-state index in [9.17, 15) is 9.59 Å². The first kappa shape index (κ1) is 20.5. The maximum atomic E-state index is 12.2. The number of carbonyl (C=O) groups excluding carboxylic acids is 2. The maximum absolute atomic E-state index is 12.2. The number of benzene rings is 2. The van der Waals surface area contributed by atoms with Crippen LogP contribution in [-0.4, -0.2) is 24.9 Å². The summed E-state index contributed by atoms with van der Waals surface area (Å²) in [5, 5.41) is 5.39. The zero-order chi connectivity index (χ0) is 19.8. The molecule has 0 saturated heterocycles. The Balaban J connectivity index is 1.93. The van der Waals surface area contributed by atoms with Crippen LogP contribution in [0.25, 0.3) is 0 Å². The second-order valence-corrected chi connectivity index (χ2v) is 6.46. The summed E-state index contributed by atoms with van der Waals surface area (Å²) in [4.78, 5) is 26.6. The van der Waals surface area contributed by atoms with E-state index in [1.807, 2.05) is 55.5 Å². The highest BCUT2D eigenvalue weighted by Crippen LogP contribution is 2.18. The molecular formula is C22H29N3O2. The van der Waals surface area contributed by atoms with Crippen LogP contribution in [0.3, 0.4) is 0 Å². The third-order valence-electron chi connectivity index (χ3n) is 4.70. The van der Waals surface area contributed by atoms with Crippen LogP contribution in [0, 0.1) is 0 Å². The molecule has 0 aliphatic heterocycles. The Hall–Kier alpha value is -2.82. The summed E-state index contributed by atoms with van der Waals surface area (Å²) < 4.78 is 0. The highest BCUT2D eigenvalue weighted by molar-refractivity contribution is 6.39. The van der Waals surface area contributed by atoms with Crippen molar-refractivity contribution in [3.63, 3.8) is 0 Å². The molecule has 0 aliphatic carbocycles. The molecule has 27 heavy (non-hydrogen) atoms. The van der Waals surface area contributed by atoms with Crippen LogP contribution in [-0.2, 0) is 16.0 Å². The number of amides is 2. The van der Waals surface area contributed by atoms with E-state index in [0.717, 1.165) is 30.8 Å². The van der Waals surface area contributed by atoms with Crippen LogP contribution in [0.1, 0.15) is 44.9 Å². The van der Waals surface area contributed by atoms with Gasteiger partial charge >= 0.3 is 11.8 Å². The summed E-state index contributed by atoms with van der Waals surface area (Å²) in [7, 11) is 0. The van der Waals surface area contributed by atoms with E-state index in [4.69, 9.17) is 0 Å². The topological polar surface area (TPSA) is 61.4 Å². The lowest BCUT2D eigenvalue weighted by molar-refractivity contribution is -0.136. The molecule has 2 aromatic rings. The Labute approximate surface area is 161 Å². The summed E-state index contributed by atoms with van der Waals surface area (Å²) >= 11 is 0. The van der Waals surface area contributed by atoms with Crippen LogP contribution in [0.5, 0.6) is 0 Å². The first-order valence-corrected chi connectivity index (χ1v) is 9.54. The summed E-state index contributed by atoms with van der Waals surface area (Å²) in [6.07, 6.45) is 0.969. The number of rotatable bonds is 7. The number of aryl methyl sites for hydroxylation is 1. The van der Waals surface area contributed by atoms with Crippen molar-refractivity contribution >= 4 is 23.2 Å². The SMILES string of the molecule is CCc1ccc(C(C)NC(=O)C(=O)Nc2ccc(N(CC)CC)cc2)cc1. The Morgan fingerprint density at radius 1 is 0.889 bits per heavy atom. The van der Waals surface area contributed by atoms with E-state index < -0.39 is 11.8 Å². The van der Waals surface area contributed by atoms with Crippen molar-refractivity contribution < 1.29 is 9.59 Å². The molecule has 0 saturated carbocycles. The van der Waals surface area contributed by atoms with Gasteiger partial charge in [-0.25, -0.2) is 0 Å². The Bertz CT molecular complexity index is 750. The van der Waals surface area contributed by atoms with Crippen molar-refractivity contribution in [3.8, 4) is 0 Å². The fourth-order valence-corrected chi connectivity index (χ4v) is 2.92. The normalized spacial score (nSPS) is 11.6. The smallest absolute Gasteiger partial charge is 0.313 e. The van der Waals surface area contributed by atoms with Gasteiger partial charge in [-0.05, 0) is 62.6 Å². The summed E-state index contributed by atoms with van der Waals surface area (Å²) in [6, 6.07) is 15.3. The van der Waals surface area contributed by atoms with Gasteiger partial charge < -0.3 is 15.5 Å². The lowest BCUT2D eigenvalue weighted by Gasteiger charge is -2.21. The van der Waals surface area contributed by atoms with E-state index >= 15 is 0 Å². The number of nitrogens with one attached hydrogen (secondary N) is 2. The second-order valence-electron chi connectivity index (χ2n) is 6.46. The van der Waals surface area contributed by atoms with E-state index in [1.54, 1.807) is 0 Å². The summed E-state index contributed by atoms with van der Waals surface area (Å²) in [5.74, 6) is -1.31. The number of hydrogen-bond donors (Lipinski definition) is 2. The van der Waals surface area contributed by atoms with Crippen molar-refractivity contribution in [3.05, 3.63) is 59.7 Å². The number of hydrogen-bond acceptors (Lipinski definition) is 3. The maximum Gasteiger partial charge on any atom is 0.313 e. The molecule has 5 nitrogen and oxygen atoms in total. The first-order chi connectivity index (χ1) is 13.0. The van der Waals surface area contributed by atoms with E-state index in [0.29, 0.717) is 5.69 Å². The van der Waals surface area contributed by atoms with Crippen molar-refractivity contribution in [1.82, 2.24) is 5.32 Å². The molecule has 5 heteroatoms. The second kappa shape index (κ2) is 9.76. The van der Waals surface area contributed by atoms with Crippen LogP contribution >= 0.6 is 0 Å². The zero-order valence-corrected chi connectivity index (χ0v) is 16.6. The molecule has 0 aromatic heterocycles. The summed E-state index contributed by atoms with van der Waals surface area (Å²) in [5.41, 5.74) is 3.90. The molecule has 1 unspecified atom stereocenters. The molecule has 2 amide bonds. The molecule has 0 radical (unpaired) electrons. The quantitative estimate of drug-likeness (QED) is 0.730. The fraction of sp³-hybridized carbons (Fsp3) is 0.364. The minimum atomic E-state index is -0.664. The number of nitrogens with zero attached hydrogens (tertiary/aromatic N) is 1. The predicted molar refractivity (Wildman–Crippen MR) is 111 cm³/mol. The van der Waals surface area contributed by atoms with Crippen molar-refractivity contribution in [2.45, 2.75) is 40.2 Å². The van der Waals surface area contributed by atoms with Crippen molar-refractivity contribution in [2.24, 2.45) is 0 Å². The van der Waals surface area contributed by atoms with Gasteiger partial charge in [0.05, 0.1) is 6.04 Å². The van der Waals surface area contributed by atoms with E-state index in [-0.39, 0.29) is 6.04 Å². The van der Waals surface area contributed by atoms with Gasteiger partial charge in [-0.15, -0.1) is 0 Å². The fourth-order valence-electron chi connectivity index (χ4n) is 2.92. The molecule has 2 aromatic carbocycles. The van der Waals surface area contributed by atoms with Gasteiger partial charge in [0.15, 0.2) is 0 Å². The minimum absolute atomic E-state index is 0.237. The molecule has 0 fully saturated rings. The number of carbonyl (C=O) groups is 2. The van der Waals surface area contributed by atoms with Gasteiger partial charge in [0, 0.05) is 24.5 Å². The molecule has 0 spiro atoms. The lowest BCUT2D eigenvalue weighted by Crippen LogP contribution is -2.36. The van der Waals surface area contributed by atoms with E-state index in [2.05, 4.69) is 36.3 Å². The van der Waals surface area contributed by atoms with E-state index in [1.165, 1.54) is 5.56 Å². The Morgan fingerprint density at radius 2 is 1.48 bits per heavy atom. The van der Waals surface area contributed by atoms with Gasteiger partial charge in [0.25, 0.3) is 0 Å². The highest BCUT2D eigenvalue weighted by Gasteiger charge is 2.17. The molecule has 2 rings (SSSR count). The van der Waals surface area contributed by atoms with Gasteiger partial charge in [-0.1, -0.05) is 31.2 Å². The molecule has 0 aliphatic rings. The van der Waals surface area contributed by atoms with Gasteiger partial charge in [-0.2, -0.15) is 0 Å². The van der Waals surface area contributed by atoms with Gasteiger partial charge in [-0.3, -0.25) is 9.59 Å². The zero-order valence-electron chi connectivity index (χ0n) is 16.6. The number of anilines is 2. The van der Waals surface area contributed by atoms with Crippen LogP contribution in [0.4, 0.5) is 11.4 Å². The molecule has 0 heterocycles. The lowest BCUT2D eigenvalue weighted by atomic mass is 10.1. The van der Waals surface area contributed by atoms with Gasteiger partial charge in [0.1, 0.15) is 0 Å². The van der Waals surface area contributed by atoms with Crippen molar-refractivity contribution in [2.75, 3.05) is 23.3 Å². The highest BCUT2D eigenvalue weighted by atomic mass is 16.2. The molecular weight excluding hydrogens is 338 g/mol. The third-order valence-corrected chi connectivity index (χ3v) is 4.70. The van der Waals surface area contributed by atoms with Gasteiger partial charge in [0.2, 0.25) is 0 Å². The monoisotopic (exact) mass is 367 g/mol. The largest absolute Gasteiger partial charge is 0.372 e. The molecule has 0 bridgehead atoms. The Morgan fingerprint density at radius 3 is 2.00 bits per heavy atom. The molecule has 144 valence electrons. The first-order valence-electron chi connectivity index (χ1n) is 9.54. The van der Waals surface area contributed by atoms with Crippen molar-refractivity contribution in [1.29, 1.82) is 0 Å².